The van der Waals surface area contributed by atoms with Crippen LogP contribution in [0.3, 0.4) is 0 Å². The van der Waals surface area contributed by atoms with Crippen molar-refractivity contribution in [1.29, 1.82) is 0 Å². The highest BCUT2D eigenvalue weighted by Crippen LogP contribution is 2.29. The molecule has 2 atom stereocenters. The first-order valence-corrected chi connectivity index (χ1v) is 6.08. The maximum Gasteiger partial charge on any atom is -0.0325 e. The zero-order chi connectivity index (χ0) is 10.2. The van der Waals surface area contributed by atoms with Crippen molar-refractivity contribution in [3.05, 3.63) is 25.3 Å². The van der Waals surface area contributed by atoms with Crippen molar-refractivity contribution in [2.75, 3.05) is 0 Å². The smallest absolute Gasteiger partial charge is 0.0325 e. The van der Waals surface area contributed by atoms with Gasteiger partial charge in [0.1, 0.15) is 0 Å². The Morgan fingerprint density at radius 1 is 0.786 bits per heavy atom. The minimum Gasteiger partial charge on any atom is -0.103 e. The predicted molar refractivity (Wildman–Crippen MR) is 64.3 cm³/mol. The van der Waals surface area contributed by atoms with Crippen LogP contribution < -0.4 is 0 Å². The number of allylic oxidation sites excluding steroid dienone is 2. The van der Waals surface area contributed by atoms with Crippen LogP contribution in [0.25, 0.3) is 0 Å². The van der Waals surface area contributed by atoms with Crippen molar-refractivity contribution in [2.45, 2.75) is 51.4 Å². The first-order valence-electron chi connectivity index (χ1n) is 6.08. The molecule has 0 radical (unpaired) electrons. The van der Waals surface area contributed by atoms with Gasteiger partial charge in [-0.15, -0.1) is 13.2 Å². The number of hydrogen-bond acceptors (Lipinski definition) is 0. The second-order valence-electron chi connectivity index (χ2n) is 4.64. The van der Waals surface area contributed by atoms with Gasteiger partial charge in [-0.3, -0.25) is 0 Å². The summed E-state index contributed by atoms with van der Waals surface area (Å²) in [6.07, 6.45) is 15.1. The summed E-state index contributed by atoms with van der Waals surface area (Å²) in [5, 5.41) is 0. The predicted octanol–water partition coefficient (Wildman–Crippen LogP) is 4.73. The lowest BCUT2D eigenvalue weighted by atomic mass is 9.83. The molecule has 0 aliphatic heterocycles. The summed E-state index contributed by atoms with van der Waals surface area (Å²) in [5.41, 5.74) is 0. The van der Waals surface area contributed by atoms with Crippen molar-refractivity contribution < 1.29 is 0 Å². The fourth-order valence-corrected chi connectivity index (χ4v) is 2.57. The Balaban J connectivity index is 2.33. The molecule has 0 aromatic rings. The highest BCUT2D eigenvalue weighted by molar-refractivity contribution is 4.79. The van der Waals surface area contributed by atoms with Crippen molar-refractivity contribution >= 4 is 0 Å². The third-order valence-corrected chi connectivity index (χ3v) is 3.46. The normalized spacial score (nSPS) is 28.9. The van der Waals surface area contributed by atoms with Crippen LogP contribution >= 0.6 is 0 Å². The fraction of sp³-hybridized carbons (Fsp3) is 0.714. The highest BCUT2D eigenvalue weighted by Gasteiger charge is 2.15. The van der Waals surface area contributed by atoms with Crippen LogP contribution in [0.1, 0.15) is 51.4 Å². The van der Waals surface area contributed by atoms with Gasteiger partial charge in [-0.2, -0.15) is 0 Å². The standard InChI is InChI=1S/C14H24/c1-3-7-13-9-5-6-10-14(8-4-2)12-11-13/h3-4,13-14H,1-2,5-12H2. The molecule has 0 spiro atoms. The van der Waals surface area contributed by atoms with Gasteiger partial charge in [-0.05, 0) is 37.5 Å². The van der Waals surface area contributed by atoms with Crippen LogP contribution in [-0.4, -0.2) is 0 Å². The van der Waals surface area contributed by atoms with E-state index in [1.165, 1.54) is 51.4 Å². The van der Waals surface area contributed by atoms with Gasteiger partial charge in [0.05, 0.1) is 0 Å². The van der Waals surface area contributed by atoms with E-state index in [9.17, 15) is 0 Å². The molecule has 80 valence electrons. The Labute approximate surface area is 89.1 Å². The van der Waals surface area contributed by atoms with E-state index in [1.807, 2.05) is 0 Å². The minimum atomic E-state index is 0.917. The topological polar surface area (TPSA) is 0 Å². The molecule has 0 saturated heterocycles. The maximum atomic E-state index is 3.85. The molecule has 1 rings (SSSR count). The van der Waals surface area contributed by atoms with Crippen molar-refractivity contribution in [3.8, 4) is 0 Å². The summed E-state index contributed by atoms with van der Waals surface area (Å²) in [6, 6.07) is 0. The lowest BCUT2D eigenvalue weighted by molar-refractivity contribution is 0.315. The first-order chi connectivity index (χ1) is 6.86. The first kappa shape index (κ1) is 11.6. The quantitative estimate of drug-likeness (QED) is 0.565. The summed E-state index contributed by atoms with van der Waals surface area (Å²) < 4.78 is 0. The molecule has 0 nitrogen and oxygen atoms in total. The van der Waals surface area contributed by atoms with E-state index in [-0.39, 0.29) is 0 Å². The van der Waals surface area contributed by atoms with E-state index in [0.29, 0.717) is 0 Å². The van der Waals surface area contributed by atoms with Crippen LogP contribution in [0.5, 0.6) is 0 Å². The van der Waals surface area contributed by atoms with Gasteiger partial charge in [-0.1, -0.05) is 37.8 Å². The lowest BCUT2D eigenvalue weighted by Crippen LogP contribution is -2.09. The molecule has 1 aliphatic carbocycles. The Kier molecular flexibility index (Phi) is 5.66. The molecule has 0 bridgehead atoms. The van der Waals surface area contributed by atoms with Gasteiger partial charge >= 0.3 is 0 Å². The Hall–Kier alpha value is -0.520. The summed E-state index contributed by atoms with van der Waals surface area (Å²) in [6.45, 7) is 7.70. The van der Waals surface area contributed by atoms with Crippen molar-refractivity contribution in [2.24, 2.45) is 11.8 Å². The monoisotopic (exact) mass is 192 g/mol. The molecule has 0 N–H and O–H groups in total. The van der Waals surface area contributed by atoms with Crippen LogP contribution in [0.15, 0.2) is 25.3 Å². The second-order valence-corrected chi connectivity index (χ2v) is 4.64. The Morgan fingerprint density at radius 3 is 1.57 bits per heavy atom. The van der Waals surface area contributed by atoms with E-state index < -0.39 is 0 Å². The lowest BCUT2D eigenvalue weighted by Gasteiger charge is -2.23. The molecule has 0 heterocycles. The average molecular weight is 192 g/mol. The average Bonchev–Trinajstić information content (AvgIpc) is 2.15. The summed E-state index contributed by atoms with van der Waals surface area (Å²) >= 11 is 0. The van der Waals surface area contributed by atoms with E-state index in [2.05, 4.69) is 25.3 Å². The van der Waals surface area contributed by atoms with E-state index >= 15 is 0 Å². The summed E-state index contributed by atoms with van der Waals surface area (Å²) in [7, 11) is 0. The molecule has 0 aromatic heterocycles. The van der Waals surface area contributed by atoms with E-state index in [4.69, 9.17) is 0 Å². The van der Waals surface area contributed by atoms with Gasteiger partial charge in [0.25, 0.3) is 0 Å². The molecule has 0 amide bonds. The van der Waals surface area contributed by atoms with Crippen molar-refractivity contribution in [3.63, 3.8) is 0 Å². The molecular formula is C14H24. The number of hydrogen-bond donors (Lipinski definition) is 0. The molecule has 14 heavy (non-hydrogen) atoms. The molecule has 0 heteroatoms. The minimum absolute atomic E-state index is 0.917. The zero-order valence-electron chi connectivity index (χ0n) is 9.38. The summed E-state index contributed by atoms with van der Waals surface area (Å²) in [5.74, 6) is 1.83. The maximum absolute atomic E-state index is 3.85. The molecule has 1 saturated carbocycles. The Bertz CT molecular complexity index is 149. The second kappa shape index (κ2) is 6.86. The van der Waals surface area contributed by atoms with E-state index in [1.54, 1.807) is 0 Å². The molecule has 1 fully saturated rings. The molecule has 2 unspecified atom stereocenters. The summed E-state index contributed by atoms with van der Waals surface area (Å²) in [4.78, 5) is 0. The number of rotatable bonds is 4. The van der Waals surface area contributed by atoms with Crippen molar-refractivity contribution in [1.82, 2.24) is 0 Å². The van der Waals surface area contributed by atoms with Crippen LogP contribution in [0.4, 0.5) is 0 Å². The largest absolute Gasteiger partial charge is 0.103 e. The SMILES string of the molecule is C=CCC1CCCCC(CC=C)CC1. The van der Waals surface area contributed by atoms with Crippen LogP contribution in [0, 0.1) is 11.8 Å². The highest BCUT2D eigenvalue weighted by atomic mass is 14.2. The zero-order valence-corrected chi connectivity index (χ0v) is 9.38. The van der Waals surface area contributed by atoms with Gasteiger partial charge in [0, 0.05) is 0 Å². The van der Waals surface area contributed by atoms with Gasteiger partial charge in [0.2, 0.25) is 0 Å². The third kappa shape index (κ3) is 4.13. The third-order valence-electron chi connectivity index (χ3n) is 3.46. The van der Waals surface area contributed by atoms with Gasteiger partial charge < -0.3 is 0 Å². The van der Waals surface area contributed by atoms with Crippen LogP contribution in [-0.2, 0) is 0 Å². The molecule has 1 aliphatic rings. The van der Waals surface area contributed by atoms with Gasteiger partial charge in [-0.25, -0.2) is 0 Å². The van der Waals surface area contributed by atoms with E-state index in [0.717, 1.165) is 11.8 Å². The van der Waals surface area contributed by atoms with Gasteiger partial charge in [0.15, 0.2) is 0 Å². The Morgan fingerprint density at radius 2 is 1.21 bits per heavy atom. The molecule has 0 aromatic carbocycles. The van der Waals surface area contributed by atoms with Crippen LogP contribution in [0.2, 0.25) is 0 Å². The fourth-order valence-electron chi connectivity index (χ4n) is 2.57. The molecular weight excluding hydrogens is 168 g/mol.